The van der Waals surface area contributed by atoms with Gasteiger partial charge in [0.05, 0.1) is 5.69 Å². The number of anilines is 1. The normalized spacial score (nSPS) is 20.8. The van der Waals surface area contributed by atoms with Crippen LogP contribution in [0.25, 0.3) is 0 Å². The Morgan fingerprint density at radius 2 is 1.79 bits per heavy atom. The van der Waals surface area contributed by atoms with Crippen molar-refractivity contribution in [2.24, 2.45) is 5.92 Å². The van der Waals surface area contributed by atoms with Crippen molar-refractivity contribution < 1.29 is 14.0 Å². The minimum absolute atomic E-state index is 0.0929. The number of benzene rings is 2. The number of nitrogens with zero attached hydrogens (tertiary/aromatic N) is 1. The number of carbonyl (C=O) groups excluding carboxylic acids is 2. The lowest BCUT2D eigenvalue weighted by molar-refractivity contribution is -0.143. The van der Waals surface area contributed by atoms with Gasteiger partial charge in [-0.05, 0) is 24.1 Å². The van der Waals surface area contributed by atoms with Crippen LogP contribution >= 0.6 is 0 Å². The molecule has 2 aromatic rings. The summed E-state index contributed by atoms with van der Waals surface area (Å²) in [6.45, 7) is 0.599. The summed E-state index contributed by atoms with van der Waals surface area (Å²) in [4.78, 5) is 26.9. The molecule has 0 saturated carbocycles. The molecule has 4 nitrogen and oxygen atoms in total. The van der Waals surface area contributed by atoms with Crippen LogP contribution in [0.1, 0.15) is 17.9 Å². The summed E-state index contributed by atoms with van der Waals surface area (Å²) in [5.74, 6) is -2.28. The maximum Gasteiger partial charge on any atom is 0.237 e. The summed E-state index contributed by atoms with van der Waals surface area (Å²) in [7, 11) is 1.69. The van der Waals surface area contributed by atoms with Gasteiger partial charge in [-0.15, -0.1) is 0 Å². The first-order valence-corrected chi connectivity index (χ1v) is 7.93. The van der Waals surface area contributed by atoms with Gasteiger partial charge >= 0.3 is 0 Å². The van der Waals surface area contributed by atoms with Crippen LogP contribution in [0.3, 0.4) is 0 Å². The van der Waals surface area contributed by atoms with E-state index in [0.717, 1.165) is 5.56 Å². The second-order valence-electron chi connectivity index (χ2n) is 6.01. The quantitative estimate of drug-likeness (QED) is 0.882. The molecule has 2 aromatic carbocycles. The number of amides is 2. The van der Waals surface area contributed by atoms with Gasteiger partial charge in [-0.3, -0.25) is 9.59 Å². The van der Waals surface area contributed by atoms with Crippen LogP contribution in [0.4, 0.5) is 10.1 Å². The van der Waals surface area contributed by atoms with Gasteiger partial charge in [0.25, 0.3) is 0 Å². The highest BCUT2D eigenvalue weighted by Gasteiger charge is 2.41. The number of nitrogens with one attached hydrogen (secondary N) is 1. The van der Waals surface area contributed by atoms with Gasteiger partial charge in [0.15, 0.2) is 0 Å². The smallest absolute Gasteiger partial charge is 0.237 e. The van der Waals surface area contributed by atoms with E-state index >= 15 is 0 Å². The Labute approximate surface area is 140 Å². The molecule has 0 aliphatic carbocycles. The van der Waals surface area contributed by atoms with E-state index in [1.807, 2.05) is 30.3 Å². The van der Waals surface area contributed by atoms with E-state index in [2.05, 4.69) is 5.32 Å². The molecule has 1 aliphatic rings. The molecule has 3 rings (SSSR count). The van der Waals surface area contributed by atoms with Crippen LogP contribution in [-0.2, 0) is 9.59 Å². The Balaban J connectivity index is 1.89. The van der Waals surface area contributed by atoms with Crippen LogP contribution < -0.4 is 5.32 Å². The fourth-order valence-corrected chi connectivity index (χ4v) is 3.15. The fraction of sp³-hybridized carbons (Fsp3) is 0.263. The van der Waals surface area contributed by atoms with Crippen molar-refractivity contribution >= 4 is 17.5 Å². The molecule has 2 amide bonds. The SMILES string of the molecule is CN1CC[C@H](c2ccccc2)[C@@H](C(=O)Nc2ccccc2F)C1=O. The van der Waals surface area contributed by atoms with Crippen molar-refractivity contribution in [3.05, 3.63) is 66.0 Å². The Bertz CT molecular complexity index is 748. The van der Waals surface area contributed by atoms with Crippen LogP contribution in [0.2, 0.25) is 0 Å². The van der Waals surface area contributed by atoms with Gasteiger partial charge in [-0.1, -0.05) is 42.5 Å². The summed E-state index contributed by atoms with van der Waals surface area (Å²) in [5, 5.41) is 2.57. The van der Waals surface area contributed by atoms with Crippen LogP contribution in [0.5, 0.6) is 0 Å². The molecule has 0 radical (unpaired) electrons. The maximum absolute atomic E-state index is 13.8. The Kier molecular flexibility index (Phi) is 4.60. The Hall–Kier alpha value is -2.69. The largest absolute Gasteiger partial charge is 0.345 e. The lowest BCUT2D eigenvalue weighted by Gasteiger charge is -2.35. The summed E-state index contributed by atoms with van der Waals surface area (Å²) >= 11 is 0. The van der Waals surface area contributed by atoms with E-state index in [9.17, 15) is 14.0 Å². The summed E-state index contributed by atoms with van der Waals surface area (Å²) < 4.78 is 13.8. The topological polar surface area (TPSA) is 49.4 Å². The number of carbonyl (C=O) groups is 2. The lowest BCUT2D eigenvalue weighted by Crippen LogP contribution is -2.47. The van der Waals surface area contributed by atoms with Gasteiger partial charge in [-0.25, -0.2) is 4.39 Å². The molecule has 1 fully saturated rings. The monoisotopic (exact) mass is 326 g/mol. The van der Waals surface area contributed by atoms with E-state index in [-0.39, 0.29) is 17.5 Å². The highest BCUT2D eigenvalue weighted by atomic mass is 19.1. The third-order valence-corrected chi connectivity index (χ3v) is 4.46. The number of hydrogen-bond acceptors (Lipinski definition) is 2. The third kappa shape index (κ3) is 3.15. The highest BCUT2D eigenvalue weighted by molar-refractivity contribution is 6.07. The predicted octanol–water partition coefficient (Wildman–Crippen LogP) is 3.03. The molecule has 1 heterocycles. The van der Waals surface area contributed by atoms with Gasteiger partial charge in [-0.2, -0.15) is 0 Å². The zero-order valence-corrected chi connectivity index (χ0v) is 13.4. The molecule has 0 unspecified atom stereocenters. The molecule has 2 atom stereocenters. The molecule has 0 spiro atoms. The van der Waals surface area contributed by atoms with Crippen LogP contribution in [0, 0.1) is 11.7 Å². The van der Waals surface area contributed by atoms with Gasteiger partial charge < -0.3 is 10.2 Å². The molecule has 1 aliphatic heterocycles. The first-order valence-electron chi connectivity index (χ1n) is 7.93. The first-order chi connectivity index (χ1) is 11.6. The van der Waals surface area contributed by atoms with E-state index in [1.165, 1.54) is 12.1 Å². The minimum atomic E-state index is -0.856. The van der Waals surface area contributed by atoms with Gasteiger partial charge in [0, 0.05) is 19.5 Å². The van der Waals surface area contributed by atoms with Crippen LogP contribution in [0.15, 0.2) is 54.6 Å². The number of halogens is 1. The first kappa shape index (κ1) is 16.2. The van der Waals surface area contributed by atoms with Gasteiger partial charge in [0.1, 0.15) is 11.7 Å². The number of para-hydroxylation sites is 1. The van der Waals surface area contributed by atoms with E-state index < -0.39 is 17.6 Å². The molecular weight excluding hydrogens is 307 g/mol. The number of piperidine rings is 1. The minimum Gasteiger partial charge on any atom is -0.345 e. The van der Waals surface area contributed by atoms with Gasteiger partial charge in [0.2, 0.25) is 11.8 Å². The summed E-state index contributed by atoms with van der Waals surface area (Å²) in [6.07, 6.45) is 0.696. The third-order valence-electron chi connectivity index (χ3n) is 4.46. The van der Waals surface area contributed by atoms with E-state index in [4.69, 9.17) is 0 Å². The standard InChI is InChI=1S/C19H19FN2O2/c1-22-12-11-14(13-7-3-2-4-8-13)17(19(22)24)18(23)21-16-10-6-5-9-15(16)20/h2-10,14,17H,11-12H2,1H3,(H,21,23)/t14-,17+/m1/s1. The molecule has 5 heteroatoms. The second kappa shape index (κ2) is 6.83. The number of likely N-dealkylation sites (tertiary alicyclic amines) is 1. The average Bonchev–Trinajstić information content (AvgIpc) is 2.60. The summed E-state index contributed by atoms with van der Waals surface area (Å²) in [6, 6.07) is 15.5. The second-order valence-corrected chi connectivity index (χ2v) is 6.01. The molecular formula is C19H19FN2O2. The maximum atomic E-state index is 13.8. The predicted molar refractivity (Wildman–Crippen MR) is 90.0 cm³/mol. The van der Waals surface area contributed by atoms with Crippen molar-refractivity contribution in [2.75, 3.05) is 18.9 Å². The lowest BCUT2D eigenvalue weighted by atomic mass is 9.79. The van der Waals surface area contributed by atoms with E-state index in [1.54, 1.807) is 24.1 Å². The molecule has 1 N–H and O–H groups in total. The van der Waals surface area contributed by atoms with Crippen molar-refractivity contribution in [1.82, 2.24) is 4.90 Å². The summed E-state index contributed by atoms with van der Waals surface area (Å²) in [5.41, 5.74) is 1.04. The Morgan fingerprint density at radius 3 is 2.50 bits per heavy atom. The van der Waals surface area contributed by atoms with Crippen molar-refractivity contribution in [3.63, 3.8) is 0 Å². The molecule has 0 aromatic heterocycles. The average molecular weight is 326 g/mol. The van der Waals surface area contributed by atoms with Crippen molar-refractivity contribution in [1.29, 1.82) is 0 Å². The fourth-order valence-electron chi connectivity index (χ4n) is 3.15. The molecule has 24 heavy (non-hydrogen) atoms. The number of rotatable bonds is 3. The zero-order valence-electron chi connectivity index (χ0n) is 13.4. The number of hydrogen-bond donors (Lipinski definition) is 1. The Morgan fingerprint density at radius 1 is 1.12 bits per heavy atom. The van der Waals surface area contributed by atoms with Crippen molar-refractivity contribution in [2.45, 2.75) is 12.3 Å². The molecule has 1 saturated heterocycles. The van der Waals surface area contributed by atoms with E-state index in [0.29, 0.717) is 13.0 Å². The van der Waals surface area contributed by atoms with Crippen molar-refractivity contribution in [3.8, 4) is 0 Å². The van der Waals surface area contributed by atoms with Crippen LogP contribution in [-0.4, -0.2) is 30.3 Å². The molecule has 0 bridgehead atoms. The highest BCUT2D eigenvalue weighted by Crippen LogP contribution is 2.34. The molecule has 124 valence electrons. The zero-order chi connectivity index (χ0) is 17.1.